The molecule has 20 heavy (non-hydrogen) atoms. The van der Waals surface area contributed by atoms with Crippen molar-refractivity contribution in [2.24, 2.45) is 0 Å². The molecule has 106 valence electrons. The van der Waals surface area contributed by atoms with E-state index in [9.17, 15) is 0 Å². The lowest BCUT2D eigenvalue weighted by atomic mass is 10.2. The molecule has 0 spiro atoms. The summed E-state index contributed by atoms with van der Waals surface area (Å²) in [7, 11) is 3.27. The lowest BCUT2D eigenvalue weighted by Crippen LogP contribution is -2.03. The molecule has 0 unspecified atom stereocenters. The van der Waals surface area contributed by atoms with Gasteiger partial charge in [-0.15, -0.1) is 0 Å². The van der Waals surface area contributed by atoms with Crippen molar-refractivity contribution in [3.05, 3.63) is 46.2 Å². The number of aromatic nitrogens is 1. The average Bonchev–Trinajstić information content (AvgIpc) is 2.46. The van der Waals surface area contributed by atoms with E-state index in [2.05, 4.69) is 26.2 Å². The number of aryl methyl sites for hydroxylation is 1. The van der Waals surface area contributed by atoms with Crippen molar-refractivity contribution in [1.82, 2.24) is 4.98 Å². The smallest absolute Gasteiger partial charge is 0.161 e. The summed E-state index contributed by atoms with van der Waals surface area (Å²) in [5, 5.41) is 3.37. The number of rotatable bonds is 5. The molecule has 4 nitrogen and oxygen atoms in total. The average molecular weight is 337 g/mol. The summed E-state index contributed by atoms with van der Waals surface area (Å²) in [5.41, 5.74) is 3.09. The van der Waals surface area contributed by atoms with Gasteiger partial charge in [-0.05, 0) is 52.7 Å². The highest BCUT2D eigenvalue weighted by Crippen LogP contribution is 2.28. The van der Waals surface area contributed by atoms with Crippen LogP contribution < -0.4 is 14.8 Å². The number of halogens is 1. The maximum Gasteiger partial charge on any atom is 0.161 e. The predicted octanol–water partition coefficient (Wildman–Crippen LogP) is 3.78. The second-order valence-electron chi connectivity index (χ2n) is 4.31. The van der Waals surface area contributed by atoms with E-state index in [1.165, 1.54) is 0 Å². The Hall–Kier alpha value is -1.75. The van der Waals surface area contributed by atoms with Crippen LogP contribution in [0.5, 0.6) is 11.5 Å². The standard InChI is InChI=1S/C15H17BrN2O2/c1-10-12(5-7-15(16)18-10)17-9-11-4-6-13(19-2)14(8-11)20-3/h4-8,17H,9H2,1-3H3. The summed E-state index contributed by atoms with van der Waals surface area (Å²) in [4.78, 5) is 4.36. The van der Waals surface area contributed by atoms with E-state index in [0.717, 1.165) is 33.0 Å². The molecule has 1 heterocycles. The first kappa shape index (κ1) is 14.7. The summed E-state index contributed by atoms with van der Waals surface area (Å²) in [5.74, 6) is 1.47. The summed E-state index contributed by atoms with van der Waals surface area (Å²) in [6, 6.07) is 9.81. The van der Waals surface area contributed by atoms with E-state index in [4.69, 9.17) is 9.47 Å². The number of methoxy groups -OCH3 is 2. The van der Waals surface area contributed by atoms with Crippen LogP contribution in [-0.2, 0) is 6.54 Å². The van der Waals surface area contributed by atoms with Crippen molar-refractivity contribution in [2.45, 2.75) is 13.5 Å². The minimum atomic E-state index is 0.699. The number of pyridine rings is 1. The minimum Gasteiger partial charge on any atom is -0.493 e. The molecule has 5 heteroatoms. The van der Waals surface area contributed by atoms with E-state index in [-0.39, 0.29) is 0 Å². The van der Waals surface area contributed by atoms with E-state index in [0.29, 0.717) is 6.54 Å². The molecule has 0 radical (unpaired) electrons. The number of ether oxygens (including phenoxy) is 2. The topological polar surface area (TPSA) is 43.4 Å². The minimum absolute atomic E-state index is 0.699. The highest BCUT2D eigenvalue weighted by Gasteiger charge is 2.05. The number of hydrogen-bond acceptors (Lipinski definition) is 4. The van der Waals surface area contributed by atoms with Gasteiger partial charge >= 0.3 is 0 Å². The van der Waals surface area contributed by atoms with Crippen LogP contribution in [0, 0.1) is 6.92 Å². The van der Waals surface area contributed by atoms with E-state index < -0.39 is 0 Å². The van der Waals surface area contributed by atoms with Crippen LogP contribution in [0.3, 0.4) is 0 Å². The van der Waals surface area contributed by atoms with Crippen LogP contribution in [0.2, 0.25) is 0 Å². The van der Waals surface area contributed by atoms with Crippen molar-refractivity contribution in [2.75, 3.05) is 19.5 Å². The molecule has 1 N–H and O–H groups in total. The Morgan fingerprint density at radius 2 is 1.85 bits per heavy atom. The van der Waals surface area contributed by atoms with Crippen LogP contribution in [-0.4, -0.2) is 19.2 Å². The second kappa shape index (κ2) is 6.61. The maximum absolute atomic E-state index is 5.30. The van der Waals surface area contributed by atoms with Crippen molar-refractivity contribution >= 4 is 21.6 Å². The molecule has 0 aliphatic rings. The second-order valence-corrected chi connectivity index (χ2v) is 5.12. The zero-order valence-corrected chi connectivity index (χ0v) is 13.3. The Bertz CT molecular complexity index is 602. The maximum atomic E-state index is 5.30. The van der Waals surface area contributed by atoms with Gasteiger partial charge in [0, 0.05) is 6.54 Å². The van der Waals surface area contributed by atoms with Gasteiger partial charge in [-0.3, -0.25) is 0 Å². The van der Waals surface area contributed by atoms with E-state index in [1.807, 2.05) is 37.3 Å². The Labute approximate surface area is 127 Å². The predicted molar refractivity (Wildman–Crippen MR) is 83.5 cm³/mol. The Morgan fingerprint density at radius 3 is 2.50 bits per heavy atom. The van der Waals surface area contributed by atoms with Gasteiger partial charge in [0.15, 0.2) is 11.5 Å². The highest BCUT2D eigenvalue weighted by atomic mass is 79.9. The Balaban J connectivity index is 2.10. The largest absolute Gasteiger partial charge is 0.493 e. The van der Waals surface area contributed by atoms with Crippen LogP contribution >= 0.6 is 15.9 Å². The van der Waals surface area contributed by atoms with Gasteiger partial charge in [-0.2, -0.15) is 0 Å². The number of benzene rings is 1. The van der Waals surface area contributed by atoms with Gasteiger partial charge in [-0.1, -0.05) is 6.07 Å². The number of nitrogens with zero attached hydrogens (tertiary/aromatic N) is 1. The first-order valence-electron chi connectivity index (χ1n) is 6.22. The molecule has 0 aliphatic carbocycles. The zero-order chi connectivity index (χ0) is 14.5. The fraction of sp³-hybridized carbons (Fsp3) is 0.267. The summed E-state index contributed by atoms with van der Waals surface area (Å²) in [6.07, 6.45) is 0. The number of hydrogen-bond donors (Lipinski definition) is 1. The SMILES string of the molecule is COc1ccc(CNc2ccc(Br)nc2C)cc1OC. The fourth-order valence-corrected chi connectivity index (χ4v) is 2.30. The molecule has 0 saturated heterocycles. The van der Waals surface area contributed by atoms with Crippen molar-refractivity contribution in [1.29, 1.82) is 0 Å². The van der Waals surface area contributed by atoms with Crippen LogP contribution in [0.1, 0.15) is 11.3 Å². The molecule has 1 aromatic heterocycles. The van der Waals surface area contributed by atoms with Crippen molar-refractivity contribution in [3.63, 3.8) is 0 Å². The molecule has 0 amide bonds. The molecule has 2 rings (SSSR count). The highest BCUT2D eigenvalue weighted by molar-refractivity contribution is 9.10. The molecule has 0 aliphatic heterocycles. The third kappa shape index (κ3) is 3.42. The van der Waals surface area contributed by atoms with Gasteiger partial charge in [0.1, 0.15) is 4.60 Å². The molecule has 2 aromatic rings. The number of anilines is 1. The van der Waals surface area contributed by atoms with Crippen LogP contribution in [0.25, 0.3) is 0 Å². The van der Waals surface area contributed by atoms with Gasteiger partial charge in [-0.25, -0.2) is 4.98 Å². The summed E-state index contributed by atoms with van der Waals surface area (Å²) >= 11 is 3.36. The van der Waals surface area contributed by atoms with Crippen molar-refractivity contribution < 1.29 is 9.47 Å². The van der Waals surface area contributed by atoms with Gasteiger partial charge in [0.25, 0.3) is 0 Å². The van der Waals surface area contributed by atoms with Gasteiger partial charge in [0.2, 0.25) is 0 Å². The molecule has 0 atom stereocenters. The molecule has 0 saturated carbocycles. The van der Waals surface area contributed by atoms with Gasteiger partial charge < -0.3 is 14.8 Å². The lowest BCUT2D eigenvalue weighted by Gasteiger charge is -2.12. The normalized spacial score (nSPS) is 10.2. The third-order valence-electron chi connectivity index (χ3n) is 2.98. The lowest BCUT2D eigenvalue weighted by molar-refractivity contribution is 0.354. The first-order chi connectivity index (χ1) is 9.63. The first-order valence-corrected chi connectivity index (χ1v) is 7.01. The summed E-state index contributed by atoms with van der Waals surface area (Å²) < 4.78 is 11.4. The Kier molecular flexibility index (Phi) is 4.84. The van der Waals surface area contributed by atoms with E-state index in [1.54, 1.807) is 14.2 Å². The quantitative estimate of drug-likeness (QED) is 0.844. The molecule has 0 bridgehead atoms. The van der Waals surface area contributed by atoms with E-state index >= 15 is 0 Å². The number of nitrogens with one attached hydrogen (secondary N) is 1. The molecule has 1 aromatic carbocycles. The van der Waals surface area contributed by atoms with Gasteiger partial charge in [0.05, 0.1) is 25.6 Å². The monoisotopic (exact) mass is 336 g/mol. The fourth-order valence-electron chi connectivity index (χ4n) is 1.91. The van der Waals surface area contributed by atoms with Crippen LogP contribution in [0.15, 0.2) is 34.9 Å². The van der Waals surface area contributed by atoms with Crippen LogP contribution in [0.4, 0.5) is 5.69 Å². The zero-order valence-electron chi connectivity index (χ0n) is 11.7. The molecular weight excluding hydrogens is 320 g/mol. The van der Waals surface area contributed by atoms with Crippen molar-refractivity contribution in [3.8, 4) is 11.5 Å². The Morgan fingerprint density at radius 1 is 1.10 bits per heavy atom. The summed E-state index contributed by atoms with van der Waals surface area (Å²) in [6.45, 7) is 2.67. The molecular formula is C15H17BrN2O2. The molecule has 0 fully saturated rings. The third-order valence-corrected chi connectivity index (χ3v) is 3.42.